The maximum Gasteiger partial charge on any atom is 0.0694 e. The highest BCUT2D eigenvalue weighted by Gasteiger charge is 2.13. The summed E-state index contributed by atoms with van der Waals surface area (Å²) in [5, 5.41) is 3.46. The average Bonchev–Trinajstić information content (AvgIpc) is 2.50. The number of hydrogen-bond donors (Lipinski definition) is 1. The zero-order chi connectivity index (χ0) is 7.94. The molecular formula is C10H19N. The van der Waals surface area contributed by atoms with Crippen LogP contribution in [0.2, 0.25) is 0 Å². The molecule has 1 saturated carbocycles. The highest BCUT2D eigenvalue weighted by Crippen LogP contribution is 2.23. The lowest BCUT2D eigenvalue weighted by Crippen LogP contribution is -2.22. The SMILES string of the molecule is [CH2-][CH+]CCNCC1CCCC1. The van der Waals surface area contributed by atoms with Crippen molar-refractivity contribution in [3.63, 3.8) is 0 Å². The number of unbranched alkanes of at least 4 members (excludes halogenated alkanes) is 1. The van der Waals surface area contributed by atoms with Gasteiger partial charge in [-0.3, -0.25) is 0 Å². The molecule has 0 atom stereocenters. The predicted octanol–water partition coefficient (Wildman–Crippen LogP) is 2.19. The van der Waals surface area contributed by atoms with Crippen LogP contribution in [0, 0.1) is 19.3 Å². The summed E-state index contributed by atoms with van der Waals surface area (Å²) in [6.07, 6.45) is 8.87. The van der Waals surface area contributed by atoms with Crippen LogP contribution in [0.4, 0.5) is 0 Å². The van der Waals surface area contributed by atoms with E-state index in [1.54, 1.807) is 0 Å². The highest BCUT2D eigenvalue weighted by atomic mass is 14.9. The first-order valence-corrected chi connectivity index (χ1v) is 4.75. The molecule has 64 valence electrons. The summed E-state index contributed by atoms with van der Waals surface area (Å²) in [5.41, 5.74) is 0. The second-order valence-corrected chi connectivity index (χ2v) is 3.43. The minimum Gasteiger partial charge on any atom is -0.312 e. The first-order valence-electron chi connectivity index (χ1n) is 4.75. The first-order chi connectivity index (χ1) is 5.43. The molecule has 1 heteroatoms. The third-order valence-corrected chi connectivity index (χ3v) is 2.43. The molecule has 1 aliphatic rings. The summed E-state index contributed by atoms with van der Waals surface area (Å²) in [6, 6.07) is 0. The fourth-order valence-electron chi connectivity index (χ4n) is 1.72. The van der Waals surface area contributed by atoms with Crippen LogP contribution in [0.25, 0.3) is 0 Å². The predicted molar refractivity (Wildman–Crippen MR) is 49.1 cm³/mol. The Morgan fingerprint density at radius 3 is 2.73 bits per heavy atom. The summed E-state index contributed by atoms with van der Waals surface area (Å²) in [7, 11) is 0. The molecule has 1 rings (SSSR count). The molecule has 0 spiro atoms. The van der Waals surface area contributed by atoms with Crippen molar-refractivity contribution in [3.8, 4) is 0 Å². The van der Waals surface area contributed by atoms with Crippen molar-refractivity contribution in [1.82, 2.24) is 5.32 Å². The molecule has 0 aliphatic heterocycles. The van der Waals surface area contributed by atoms with Crippen LogP contribution in [-0.2, 0) is 0 Å². The molecule has 11 heavy (non-hydrogen) atoms. The molecule has 0 bridgehead atoms. The molecule has 0 amide bonds. The summed E-state index contributed by atoms with van der Waals surface area (Å²) < 4.78 is 0. The van der Waals surface area contributed by atoms with Crippen molar-refractivity contribution in [3.05, 3.63) is 13.3 Å². The van der Waals surface area contributed by atoms with Gasteiger partial charge in [-0.1, -0.05) is 19.3 Å². The molecule has 0 saturated heterocycles. The van der Waals surface area contributed by atoms with Gasteiger partial charge >= 0.3 is 0 Å². The fraction of sp³-hybridized carbons (Fsp3) is 0.800. The van der Waals surface area contributed by atoms with E-state index in [1.807, 2.05) is 6.42 Å². The van der Waals surface area contributed by atoms with Gasteiger partial charge in [-0.15, -0.1) is 6.92 Å². The van der Waals surface area contributed by atoms with Crippen LogP contribution in [0.15, 0.2) is 0 Å². The van der Waals surface area contributed by atoms with E-state index in [-0.39, 0.29) is 0 Å². The van der Waals surface area contributed by atoms with E-state index in [0.29, 0.717) is 0 Å². The van der Waals surface area contributed by atoms with Crippen LogP contribution in [-0.4, -0.2) is 13.1 Å². The lowest BCUT2D eigenvalue weighted by Gasteiger charge is -2.08. The molecule has 0 aromatic heterocycles. The van der Waals surface area contributed by atoms with Gasteiger partial charge in [0.1, 0.15) is 0 Å². The monoisotopic (exact) mass is 153 g/mol. The van der Waals surface area contributed by atoms with Crippen LogP contribution in [0.5, 0.6) is 0 Å². The molecule has 0 radical (unpaired) electrons. The fourth-order valence-corrected chi connectivity index (χ4v) is 1.72. The van der Waals surface area contributed by atoms with Crippen molar-refractivity contribution in [2.75, 3.05) is 13.1 Å². The van der Waals surface area contributed by atoms with E-state index >= 15 is 0 Å². The van der Waals surface area contributed by atoms with Crippen LogP contribution >= 0.6 is 0 Å². The molecule has 0 aromatic carbocycles. The lowest BCUT2D eigenvalue weighted by molar-refractivity contribution is 0.491. The minimum absolute atomic E-state index is 0.972. The smallest absolute Gasteiger partial charge is 0.0694 e. The topological polar surface area (TPSA) is 12.0 Å². The third-order valence-electron chi connectivity index (χ3n) is 2.43. The summed E-state index contributed by atoms with van der Waals surface area (Å²) in [5.74, 6) is 0.972. The zero-order valence-corrected chi connectivity index (χ0v) is 7.31. The van der Waals surface area contributed by atoms with Crippen molar-refractivity contribution in [1.29, 1.82) is 0 Å². The molecule has 0 heterocycles. The largest absolute Gasteiger partial charge is 0.312 e. The van der Waals surface area contributed by atoms with E-state index < -0.39 is 0 Å². The van der Waals surface area contributed by atoms with E-state index in [2.05, 4.69) is 12.2 Å². The van der Waals surface area contributed by atoms with E-state index in [9.17, 15) is 0 Å². The normalized spacial score (nSPS) is 19.0. The number of nitrogens with one attached hydrogen (secondary N) is 1. The van der Waals surface area contributed by atoms with Gasteiger partial charge in [-0.25, -0.2) is 0 Å². The molecule has 1 N–H and O–H groups in total. The average molecular weight is 153 g/mol. The van der Waals surface area contributed by atoms with Gasteiger partial charge in [-0.05, 0) is 25.3 Å². The Bertz CT molecular complexity index is 84.9. The maximum absolute atomic E-state index is 3.69. The van der Waals surface area contributed by atoms with Crippen LogP contribution < -0.4 is 5.32 Å². The molecule has 0 aromatic rings. The van der Waals surface area contributed by atoms with Gasteiger partial charge < -0.3 is 5.32 Å². The molecule has 0 unspecified atom stereocenters. The van der Waals surface area contributed by atoms with Crippen molar-refractivity contribution in [2.45, 2.75) is 32.1 Å². The minimum atomic E-state index is 0.972. The maximum atomic E-state index is 3.69. The van der Waals surface area contributed by atoms with Crippen LogP contribution in [0.3, 0.4) is 0 Å². The van der Waals surface area contributed by atoms with Crippen molar-refractivity contribution < 1.29 is 0 Å². The Kier molecular flexibility index (Phi) is 4.44. The van der Waals surface area contributed by atoms with Gasteiger partial charge in [-0.2, -0.15) is 0 Å². The van der Waals surface area contributed by atoms with Gasteiger partial charge in [0.05, 0.1) is 6.42 Å². The van der Waals surface area contributed by atoms with Gasteiger partial charge in [0.2, 0.25) is 0 Å². The van der Waals surface area contributed by atoms with E-state index in [0.717, 1.165) is 18.9 Å². The van der Waals surface area contributed by atoms with E-state index in [4.69, 9.17) is 0 Å². The van der Waals surface area contributed by atoms with Gasteiger partial charge in [0.15, 0.2) is 0 Å². The standard InChI is InChI=1S/C10H19N/c1-2-3-8-11-9-10-6-4-5-7-10/h2,10-11H,1,3-9H2. The highest BCUT2D eigenvalue weighted by molar-refractivity contribution is 4.71. The quantitative estimate of drug-likeness (QED) is 0.471. The van der Waals surface area contributed by atoms with Crippen molar-refractivity contribution in [2.24, 2.45) is 5.92 Å². The van der Waals surface area contributed by atoms with Gasteiger partial charge in [0, 0.05) is 6.54 Å². The molecular weight excluding hydrogens is 134 g/mol. The Morgan fingerprint density at radius 2 is 2.09 bits per heavy atom. The van der Waals surface area contributed by atoms with Crippen molar-refractivity contribution >= 4 is 0 Å². The number of hydrogen-bond acceptors (Lipinski definition) is 1. The summed E-state index contributed by atoms with van der Waals surface area (Å²) >= 11 is 0. The molecule has 1 nitrogen and oxygen atoms in total. The lowest BCUT2D eigenvalue weighted by atomic mass is 10.1. The summed E-state index contributed by atoms with van der Waals surface area (Å²) in [4.78, 5) is 0. The van der Waals surface area contributed by atoms with Crippen LogP contribution in [0.1, 0.15) is 32.1 Å². The third kappa shape index (κ3) is 3.66. The molecule has 1 fully saturated rings. The number of rotatable bonds is 5. The first kappa shape index (κ1) is 8.92. The second kappa shape index (κ2) is 5.48. The second-order valence-electron chi connectivity index (χ2n) is 3.43. The Morgan fingerprint density at radius 1 is 1.36 bits per heavy atom. The summed E-state index contributed by atoms with van der Waals surface area (Å²) in [6.45, 7) is 6.03. The Labute approximate surface area is 70.6 Å². The Hall–Kier alpha value is -0.170. The van der Waals surface area contributed by atoms with E-state index in [1.165, 1.54) is 32.2 Å². The zero-order valence-electron chi connectivity index (χ0n) is 7.31. The van der Waals surface area contributed by atoms with Gasteiger partial charge in [0.25, 0.3) is 0 Å². The Balaban J connectivity index is 1.86. The molecule has 1 aliphatic carbocycles.